The number of para-hydroxylation sites is 8. The Balaban J connectivity index is 0.880. The summed E-state index contributed by atoms with van der Waals surface area (Å²) in [7, 11) is 0. The van der Waals surface area contributed by atoms with Crippen LogP contribution in [0, 0.1) is 0 Å². The van der Waals surface area contributed by atoms with Gasteiger partial charge in [-0.05, 0) is 158 Å². The Hall–Kier alpha value is -13.0. The molecule has 6 heterocycles. The van der Waals surface area contributed by atoms with E-state index in [4.69, 9.17) is 17.7 Å². The van der Waals surface area contributed by atoms with Gasteiger partial charge >= 0.3 is 0 Å². The minimum Gasteiger partial charge on any atom is -0.455 e. The van der Waals surface area contributed by atoms with E-state index in [-0.39, 0.29) is 17.5 Å². The van der Waals surface area contributed by atoms with Crippen LogP contribution in [0.15, 0.2) is 333 Å². The van der Waals surface area contributed by atoms with Gasteiger partial charge in [-0.1, -0.05) is 260 Å². The molecule has 0 saturated carbocycles. The van der Waals surface area contributed by atoms with Gasteiger partial charge in [0.15, 0.2) is 0 Å². The number of nitrogens with zero attached hydrogens (tertiary/aromatic N) is 3. The monoisotopic (exact) mass is 1360 g/mol. The zero-order chi connectivity index (χ0) is 70.8. The normalized spacial score (nSPS) is 12.9. The maximum Gasteiger partial charge on any atom is 0.252 e. The maximum absolute atomic E-state index is 6.93. The Morgan fingerprint density at radius 3 is 0.915 bits per heavy atom. The molecular weight excluding hydrogens is 1290 g/mol. The molecule has 0 spiro atoms. The first-order valence-electron chi connectivity index (χ1n) is 36.7. The van der Waals surface area contributed by atoms with Gasteiger partial charge in [-0.2, -0.15) is 0 Å². The SMILES string of the molecule is CC(C)(C)c1ccc(N(c2ccc(C(C)(C)C)cc2)c2cc3c4c(c2)N(c2cccc(-c5cccc6c5oc5ccccc56)c2)c2cc(-c5cccc6c5oc5ccccc56)ccc2B4c2ccc(-c4cccc5c4oc4ccccc45)cc2N3c2cccc(-c3cccc4c3oc3ccccc34)c2)cc1. The van der Waals surface area contributed by atoms with Crippen LogP contribution in [0.1, 0.15) is 52.7 Å². The van der Waals surface area contributed by atoms with Crippen LogP contribution in [0.2, 0.25) is 0 Å². The molecule has 19 aromatic rings. The van der Waals surface area contributed by atoms with E-state index in [1.807, 2.05) is 12.1 Å². The molecule has 0 bridgehead atoms. The lowest BCUT2D eigenvalue weighted by molar-refractivity contribution is 0.590. The van der Waals surface area contributed by atoms with Gasteiger partial charge in [0.05, 0.1) is 5.69 Å². The van der Waals surface area contributed by atoms with Gasteiger partial charge in [0.25, 0.3) is 6.71 Å². The van der Waals surface area contributed by atoms with Crippen LogP contribution in [0.5, 0.6) is 0 Å². The number of anilines is 9. The molecule has 0 radical (unpaired) electrons. The number of benzene rings is 15. The fourth-order valence-electron chi connectivity index (χ4n) is 17.2. The molecule has 21 rings (SSSR count). The van der Waals surface area contributed by atoms with E-state index in [0.717, 1.165) is 194 Å². The number of hydrogen-bond acceptors (Lipinski definition) is 7. The van der Waals surface area contributed by atoms with Crippen molar-refractivity contribution in [2.24, 2.45) is 0 Å². The van der Waals surface area contributed by atoms with Crippen LogP contribution in [0.3, 0.4) is 0 Å². The molecule has 0 fully saturated rings. The highest BCUT2D eigenvalue weighted by Gasteiger charge is 2.45. The topological polar surface area (TPSA) is 62.3 Å². The van der Waals surface area contributed by atoms with E-state index in [1.54, 1.807) is 0 Å². The molecular formula is C98H70BN3O4. The summed E-state index contributed by atoms with van der Waals surface area (Å²) in [5, 5.41) is 8.68. The minimum atomic E-state index is -0.283. The molecule has 2 aliphatic rings. The molecule has 0 amide bonds. The zero-order valence-corrected chi connectivity index (χ0v) is 59.6. The first kappa shape index (κ1) is 61.6. The smallest absolute Gasteiger partial charge is 0.252 e. The lowest BCUT2D eigenvalue weighted by Gasteiger charge is -2.45. The summed E-state index contributed by atoms with van der Waals surface area (Å²) in [6.07, 6.45) is 0. The Bertz CT molecular complexity index is 6430. The molecule has 2 aliphatic heterocycles. The van der Waals surface area contributed by atoms with Gasteiger partial charge in [-0.25, -0.2) is 0 Å². The largest absolute Gasteiger partial charge is 0.455 e. The van der Waals surface area contributed by atoms with Crippen molar-refractivity contribution >= 4 is 162 Å². The summed E-state index contributed by atoms with van der Waals surface area (Å²) < 4.78 is 27.6. The Morgan fingerprint density at radius 1 is 0.264 bits per heavy atom. The Labute approximate surface area is 614 Å². The molecule has 106 heavy (non-hydrogen) atoms. The van der Waals surface area contributed by atoms with Crippen LogP contribution in [0.4, 0.5) is 51.2 Å². The number of furan rings is 4. The summed E-state index contributed by atoms with van der Waals surface area (Å²) in [5.74, 6) is 0. The summed E-state index contributed by atoms with van der Waals surface area (Å²) >= 11 is 0. The van der Waals surface area contributed by atoms with Gasteiger partial charge in [0.1, 0.15) is 44.7 Å². The molecule has 0 saturated heterocycles. The molecule has 15 aromatic carbocycles. The first-order valence-corrected chi connectivity index (χ1v) is 36.7. The highest BCUT2D eigenvalue weighted by atomic mass is 16.3. The lowest BCUT2D eigenvalue weighted by atomic mass is 9.33. The molecule has 0 atom stereocenters. The second-order valence-corrected chi connectivity index (χ2v) is 30.7. The molecule has 0 aliphatic carbocycles. The molecule has 0 unspecified atom stereocenters. The van der Waals surface area contributed by atoms with Gasteiger partial charge in [0.2, 0.25) is 0 Å². The third kappa shape index (κ3) is 9.60. The van der Waals surface area contributed by atoms with Crippen molar-refractivity contribution in [2.75, 3.05) is 14.7 Å². The minimum absolute atomic E-state index is 0.0803. The van der Waals surface area contributed by atoms with Crippen LogP contribution >= 0.6 is 0 Å². The van der Waals surface area contributed by atoms with Crippen molar-refractivity contribution in [2.45, 2.75) is 52.4 Å². The van der Waals surface area contributed by atoms with Crippen LogP contribution < -0.4 is 31.1 Å². The van der Waals surface area contributed by atoms with E-state index < -0.39 is 0 Å². The van der Waals surface area contributed by atoms with Gasteiger partial charge in [-0.15, -0.1) is 0 Å². The molecule has 0 N–H and O–H groups in total. The van der Waals surface area contributed by atoms with E-state index in [9.17, 15) is 0 Å². The molecule has 8 heteroatoms. The molecule has 7 nitrogen and oxygen atoms in total. The standard InChI is InChI=1S/C98H70BN3O4/c1-97(2,3)63-43-47-65(48-44-63)100(66-49-45-64(46-50-66)98(4,5)6)69-57-86-92-87(58-69)102(68-24-16-22-60(54-68)71-30-18-34-79-75-26-8-12-38-89(75)104-94(71)79)85-56-62(73-32-20-36-81-77-28-10-14-40-91(77)106-96(73)81)42-52-83(85)99(92)82-51-41-61(72-31-19-35-80-76-27-9-13-39-90(76)105-95(72)80)55-84(82)101(86)67-23-15-21-59(53-67)70-29-17-33-78-74-25-7-11-37-88(74)103-93(70)78/h7-58H,1-6H3. The van der Waals surface area contributed by atoms with Crippen molar-refractivity contribution < 1.29 is 17.7 Å². The fraction of sp³-hybridized carbons (Fsp3) is 0.0816. The van der Waals surface area contributed by atoms with Crippen LogP contribution in [0.25, 0.3) is 132 Å². The van der Waals surface area contributed by atoms with E-state index in [1.165, 1.54) is 16.6 Å². The van der Waals surface area contributed by atoms with Crippen molar-refractivity contribution in [3.63, 3.8) is 0 Å². The highest BCUT2D eigenvalue weighted by molar-refractivity contribution is 7.00. The first-order chi connectivity index (χ1) is 51.8. The van der Waals surface area contributed by atoms with Crippen LogP contribution in [-0.4, -0.2) is 6.71 Å². The number of rotatable bonds is 9. The second kappa shape index (κ2) is 23.2. The van der Waals surface area contributed by atoms with Crippen molar-refractivity contribution in [1.29, 1.82) is 0 Å². The third-order valence-corrected chi connectivity index (χ3v) is 22.4. The summed E-state index contributed by atoms with van der Waals surface area (Å²) in [6, 6.07) is 116. The third-order valence-electron chi connectivity index (χ3n) is 22.4. The van der Waals surface area contributed by atoms with Gasteiger partial charge in [-0.3, -0.25) is 0 Å². The average Bonchev–Trinajstić information content (AvgIpc) is 0.762. The Kier molecular flexibility index (Phi) is 13.5. The summed E-state index contributed by atoms with van der Waals surface area (Å²) in [4.78, 5) is 7.59. The van der Waals surface area contributed by atoms with Crippen molar-refractivity contribution in [1.82, 2.24) is 0 Å². The maximum atomic E-state index is 6.93. The summed E-state index contributed by atoms with van der Waals surface area (Å²) in [6.45, 7) is 13.5. The number of fused-ring (bicyclic) bond motifs is 16. The quantitative estimate of drug-likeness (QED) is 0.133. The predicted molar refractivity (Wildman–Crippen MR) is 443 cm³/mol. The second-order valence-electron chi connectivity index (χ2n) is 30.7. The van der Waals surface area contributed by atoms with Gasteiger partial charge < -0.3 is 32.4 Å². The van der Waals surface area contributed by atoms with E-state index in [0.29, 0.717) is 0 Å². The lowest BCUT2D eigenvalue weighted by Crippen LogP contribution is -2.61. The predicted octanol–water partition coefficient (Wildman–Crippen LogP) is 26.1. The van der Waals surface area contributed by atoms with E-state index in [2.05, 4.69) is 360 Å². The van der Waals surface area contributed by atoms with Crippen LogP contribution in [-0.2, 0) is 10.8 Å². The fourth-order valence-corrected chi connectivity index (χ4v) is 17.2. The zero-order valence-electron chi connectivity index (χ0n) is 59.6. The van der Waals surface area contributed by atoms with Gasteiger partial charge in [0, 0.05) is 111 Å². The van der Waals surface area contributed by atoms with Crippen molar-refractivity contribution in [3.8, 4) is 44.5 Å². The highest BCUT2D eigenvalue weighted by Crippen LogP contribution is 2.52. The molecule has 504 valence electrons. The average molecular weight is 1360 g/mol. The molecule has 4 aromatic heterocycles. The van der Waals surface area contributed by atoms with Crippen molar-refractivity contribution in [3.05, 3.63) is 327 Å². The Morgan fingerprint density at radius 2 is 0.575 bits per heavy atom. The number of hydrogen-bond donors (Lipinski definition) is 0. The van der Waals surface area contributed by atoms with E-state index >= 15 is 0 Å². The summed E-state index contributed by atoms with van der Waals surface area (Å²) in [5.41, 5.74) is 30.2.